The van der Waals surface area contributed by atoms with Crippen molar-refractivity contribution in [3.63, 3.8) is 0 Å². The van der Waals surface area contributed by atoms with E-state index in [-0.39, 0.29) is 18.1 Å². The summed E-state index contributed by atoms with van der Waals surface area (Å²) in [5.41, 5.74) is 4.16. The number of carbonyl (C=O) groups excluding carboxylic acids is 1. The van der Waals surface area contributed by atoms with E-state index in [0.29, 0.717) is 16.9 Å². The molecule has 3 aromatic heterocycles. The summed E-state index contributed by atoms with van der Waals surface area (Å²) in [6.45, 7) is 1.73. The van der Waals surface area contributed by atoms with Crippen LogP contribution in [0.5, 0.6) is 0 Å². The van der Waals surface area contributed by atoms with E-state index in [9.17, 15) is 9.59 Å². The lowest BCUT2D eigenvalue weighted by atomic mass is 10.1. The van der Waals surface area contributed by atoms with Crippen LogP contribution in [0.3, 0.4) is 0 Å². The number of aryl methyl sites for hydroxylation is 1. The lowest BCUT2D eigenvalue weighted by Gasteiger charge is -2.07. The number of rotatable bonds is 4. The van der Waals surface area contributed by atoms with Crippen LogP contribution in [0.2, 0.25) is 0 Å². The van der Waals surface area contributed by atoms with Gasteiger partial charge in [0.2, 0.25) is 5.91 Å². The van der Waals surface area contributed by atoms with E-state index in [2.05, 4.69) is 15.5 Å². The van der Waals surface area contributed by atoms with Crippen molar-refractivity contribution in [1.29, 1.82) is 0 Å². The third-order valence-electron chi connectivity index (χ3n) is 4.97. The smallest absolute Gasteiger partial charge is 0.324 e. The summed E-state index contributed by atoms with van der Waals surface area (Å²) < 4.78 is 4.27. The molecule has 30 heavy (non-hydrogen) atoms. The van der Waals surface area contributed by atoms with Gasteiger partial charge in [-0.1, -0.05) is 48.5 Å². The third-order valence-corrected chi connectivity index (χ3v) is 4.97. The molecule has 0 spiro atoms. The second kappa shape index (κ2) is 7.00. The van der Waals surface area contributed by atoms with Crippen LogP contribution in [0.4, 0.5) is 5.69 Å². The van der Waals surface area contributed by atoms with Crippen LogP contribution in [0, 0.1) is 6.92 Å². The number of benzene rings is 2. The Hall–Kier alpha value is -4.20. The predicted octanol–water partition coefficient (Wildman–Crippen LogP) is 2.76. The van der Waals surface area contributed by atoms with Crippen LogP contribution in [-0.4, -0.2) is 29.7 Å². The van der Waals surface area contributed by atoms with Crippen LogP contribution in [0.25, 0.3) is 22.4 Å². The van der Waals surface area contributed by atoms with Gasteiger partial charge in [0.15, 0.2) is 5.65 Å². The Labute approximate surface area is 171 Å². The van der Waals surface area contributed by atoms with E-state index in [4.69, 9.17) is 0 Å². The lowest BCUT2D eigenvalue weighted by molar-refractivity contribution is -0.117. The minimum atomic E-state index is -0.380. The summed E-state index contributed by atoms with van der Waals surface area (Å²) >= 11 is 0. The topological polar surface area (TPSA) is 85.7 Å². The molecule has 5 aromatic rings. The molecule has 0 saturated carbocycles. The van der Waals surface area contributed by atoms with Gasteiger partial charge in [-0.15, -0.1) is 5.10 Å². The maximum Gasteiger partial charge on any atom is 0.350 e. The molecule has 5 rings (SSSR count). The lowest BCUT2D eigenvalue weighted by Crippen LogP contribution is -2.28. The molecule has 8 nitrogen and oxygen atoms in total. The molecule has 0 aliphatic rings. The summed E-state index contributed by atoms with van der Waals surface area (Å²) in [6.07, 6.45) is 3.31. The number of anilines is 1. The Bertz CT molecular complexity index is 1450. The first kappa shape index (κ1) is 17.9. The molecule has 0 aliphatic carbocycles. The van der Waals surface area contributed by atoms with Crippen LogP contribution in [-0.2, 0) is 11.3 Å². The first-order chi connectivity index (χ1) is 14.6. The fraction of sp³-hybridized carbons (Fsp3) is 0.0909. The van der Waals surface area contributed by atoms with E-state index >= 15 is 0 Å². The summed E-state index contributed by atoms with van der Waals surface area (Å²) in [5, 5.41) is 11.8. The summed E-state index contributed by atoms with van der Waals surface area (Å²) in [6, 6.07) is 19.1. The highest BCUT2D eigenvalue weighted by molar-refractivity contribution is 5.91. The molecule has 0 radical (unpaired) electrons. The predicted molar refractivity (Wildman–Crippen MR) is 113 cm³/mol. The van der Waals surface area contributed by atoms with Crippen molar-refractivity contribution in [2.75, 3.05) is 5.32 Å². The van der Waals surface area contributed by atoms with Gasteiger partial charge in [0.1, 0.15) is 12.1 Å². The highest BCUT2D eigenvalue weighted by atomic mass is 16.2. The van der Waals surface area contributed by atoms with Gasteiger partial charge in [-0.05, 0) is 24.6 Å². The molecule has 0 unspecified atom stereocenters. The Morgan fingerprint density at radius 3 is 2.57 bits per heavy atom. The molecule has 0 saturated heterocycles. The number of nitrogens with zero attached hydrogens (tertiary/aromatic N) is 5. The average Bonchev–Trinajstić information content (AvgIpc) is 3.32. The largest absolute Gasteiger partial charge is 0.350 e. The van der Waals surface area contributed by atoms with Gasteiger partial charge in [0, 0.05) is 23.6 Å². The first-order valence-electron chi connectivity index (χ1n) is 9.48. The van der Waals surface area contributed by atoms with Crippen molar-refractivity contribution in [3.05, 3.63) is 89.1 Å². The molecule has 0 fully saturated rings. The first-order valence-corrected chi connectivity index (χ1v) is 9.48. The van der Waals surface area contributed by atoms with Gasteiger partial charge >= 0.3 is 5.69 Å². The molecular weight excluding hydrogens is 380 g/mol. The Balaban J connectivity index is 1.51. The monoisotopic (exact) mass is 398 g/mol. The standard InChI is InChI=1S/C22H18N6O2/c1-15-7-5-6-10-17(15)23-20(29)14-28-22(30)26-11-12-27-19(21(26)25-28)13-18(24-27)16-8-3-2-4-9-16/h2-13H,14H2,1H3,(H,23,29). The Morgan fingerprint density at radius 2 is 1.77 bits per heavy atom. The van der Waals surface area contributed by atoms with E-state index in [1.807, 2.05) is 67.6 Å². The highest BCUT2D eigenvalue weighted by Crippen LogP contribution is 2.21. The zero-order chi connectivity index (χ0) is 20.7. The van der Waals surface area contributed by atoms with Crippen molar-refractivity contribution >= 4 is 22.8 Å². The van der Waals surface area contributed by atoms with Crippen molar-refractivity contribution < 1.29 is 4.79 Å². The molecule has 0 aliphatic heterocycles. The number of fused-ring (bicyclic) bond motifs is 3. The molecular formula is C22H18N6O2. The molecule has 8 heteroatoms. The van der Waals surface area contributed by atoms with Gasteiger partial charge < -0.3 is 5.32 Å². The molecule has 0 atom stereocenters. The normalized spacial score (nSPS) is 11.2. The molecule has 1 amide bonds. The van der Waals surface area contributed by atoms with Gasteiger partial charge in [0.05, 0.1) is 5.69 Å². The van der Waals surface area contributed by atoms with Gasteiger partial charge in [-0.2, -0.15) is 5.10 Å². The molecule has 1 N–H and O–H groups in total. The maximum absolute atomic E-state index is 12.8. The summed E-state index contributed by atoms with van der Waals surface area (Å²) in [4.78, 5) is 25.2. The quantitative estimate of drug-likeness (QED) is 0.504. The molecule has 3 heterocycles. The number of hydrogen-bond acceptors (Lipinski definition) is 4. The highest BCUT2D eigenvalue weighted by Gasteiger charge is 2.15. The summed E-state index contributed by atoms with van der Waals surface area (Å²) in [5.74, 6) is -0.315. The number of hydrogen-bond donors (Lipinski definition) is 1. The van der Waals surface area contributed by atoms with E-state index in [0.717, 1.165) is 21.5 Å². The van der Waals surface area contributed by atoms with Crippen LogP contribution < -0.4 is 11.0 Å². The van der Waals surface area contributed by atoms with Crippen LogP contribution in [0.1, 0.15) is 5.56 Å². The summed E-state index contributed by atoms with van der Waals surface area (Å²) in [7, 11) is 0. The van der Waals surface area contributed by atoms with Crippen molar-refractivity contribution in [3.8, 4) is 11.3 Å². The maximum atomic E-state index is 12.8. The number of para-hydroxylation sites is 1. The number of carbonyl (C=O) groups is 1. The second-order valence-corrected chi connectivity index (χ2v) is 7.02. The van der Waals surface area contributed by atoms with Gasteiger partial charge in [0.25, 0.3) is 0 Å². The molecule has 2 aromatic carbocycles. The Morgan fingerprint density at radius 1 is 1.00 bits per heavy atom. The zero-order valence-corrected chi connectivity index (χ0v) is 16.2. The van der Waals surface area contributed by atoms with E-state index in [1.54, 1.807) is 16.9 Å². The minimum absolute atomic E-state index is 0.180. The number of amides is 1. The molecule has 0 bridgehead atoms. The SMILES string of the molecule is Cc1ccccc1NC(=O)Cn1nc2c3cc(-c4ccccc4)nn3ccn2c1=O. The van der Waals surface area contributed by atoms with Crippen molar-refractivity contribution in [2.24, 2.45) is 0 Å². The second-order valence-electron chi connectivity index (χ2n) is 7.02. The van der Waals surface area contributed by atoms with Crippen LogP contribution in [0.15, 0.2) is 77.9 Å². The number of nitrogens with one attached hydrogen (secondary N) is 1. The average molecular weight is 398 g/mol. The third kappa shape index (κ3) is 3.04. The number of aromatic nitrogens is 5. The van der Waals surface area contributed by atoms with Crippen molar-refractivity contribution in [2.45, 2.75) is 13.5 Å². The minimum Gasteiger partial charge on any atom is -0.324 e. The van der Waals surface area contributed by atoms with E-state index in [1.165, 1.54) is 4.40 Å². The fourth-order valence-corrected chi connectivity index (χ4v) is 3.43. The van der Waals surface area contributed by atoms with E-state index < -0.39 is 0 Å². The molecule has 148 valence electrons. The fourth-order valence-electron chi connectivity index (χ4n) is 3.43. The van der Waals surface area contributed by atoms with Crippen LogP contribution >= 0.6 is 0 Å². The van der Waals surface area contributed by atoms with Crippen molar-refractivity contribution in [1.82, 2.24) is 23.8 Å². The zero-order valence-electron chi connectivity index (χ0n) is 16.2. The van der Waals surface area contributed by atoms with Gasteiger partial charge in [-0.25, -0.2) is 18.4 Å². The van der Waals surface area contributed by atoms with Gasteiger partial charge in [-0.3, -0.25) is 4.79 Å². The Kier molecular flexibility index (Phi) is 4.17.